The van der Waals surface area contributed by atoms with Crippen LogP contribution in [0.15, 0.2) is 11.6 Å². The summed E-state index contributed by atoms with van der Waals surface area (Å²) in [6, 6.07) is 0.719. The molecule has 102 valence electrons. The molecule has 2 fully saturated rings. The topological polar surface area (TPSA) is 12.0 Å². The van der Waals surface area contributed by atoms with Crippen molar-refractivity contribution in [3.8, 4) is 0 Å². The van der Waals surface area contributed by atoms with Gasteiger partial charge < -0.3 is 5.32 Å². The first-order valence-corrected chi connectivity index (χ1v) is 8.28. The second kappa shape index (κ2) is 5.77. The fourth-order valence-electron chi connectivity index (χ4n) is 4.67. The van der Waals surface area contributed by atoms with Gasteiger partial charge in [-0.1, -0.05) is 37.3 Å². The van der Waals surface area contributed by atoms with Gasteiger partial charge in [-0.2, -0.15) is 0 Å². The van der Waals surface area contributed by atoms with Crippen LogP contribution >= 0.6 is 0 Å². The van der Waals surface area contributed by atoms with Crippen LogP contribution < -0.4 is 5.32 Å². The molecule has 0 radical (unpaired) electrons. The van der Waals surface area contributed by atoms with Crippen molar-refractivity contribution >= 4 is 0 Å². The lowest BCUT2D eigenvalue weighted by atomic mass is 9.91. The van der Waals surface area contributed by atoms with E-state index in [-0.39, 0.29) is 0 Å². The number of fused-ring (bicyclic) bond motifs is 1. The quantitative estimate of drug-likeness (QED) is 0.734. The third-order valence-electron chi connectivity index (χ3n) is 5.64. The summed E-state index contributed by atoms with van der Waals surface area (Å²) in [6.07, 6.45) is 17.0. The van der Waals surface area contributed by atoms with Crippen LogP contribution in [0.1, 0.15) is 64.2 Å². The van der Waals surface area contributed by atoms with Gasteiger partial charge in [0, 0.05) is 6.04 Å². The minimum absolute atomic E-state index is 0.719. The summed E-state index contributed by atoms with van der Waals surface area (Å²) in [6.45, 7) is 0. The van der Waals surface area contributed by atoms with Gasteiger partial charge in [-0.3, -0.25) is 0 Å². The Labute approximate surface area is 112 Å². The monoisotopic (exact) mass is 247 g/mol. The summed E-state index contributed by atoms with van der Waals surface area (Å²) < 4.78 is 0. The van der Waals surface area contributed by atoms with Crippen LogP contribution in [0.3, 0.4) is 0 Å². The van der Waals surface area contributed by atoms with Gasteiger partial charge in [0.15, 0.2) is 0 Å². The first-order chi connectivity index (χ1) is 8.92. The lowest BCUT2D eigenvalue weighted by molar-refractivity contribution is 0.480. The molecule has 3 aliphatic rings. The number of likely N-dealkylation sites (N-methyl/N-ethyl adjacent to an activating group) is 1. The Hall–Kier alpha value is -0.300. The second-order valence-electron chi connectivity index (χ2n) is 6.69. The van der Waals surface area contributed by atoms with Crippen LogP contribution in [0.2, 0.25) is 0 Å². The first-order valence-electron chi connectivity index (χ1n) is 8.28. The molecule has 2 saturated carbocycles. The molecule has 1 nitrogen and oxygen atoms in total. The van der Waals surface area contributed by atoms with E-state index in [9.17, 15) is 0 Å². The Morgan fingerprint density at radius 1 is 1.00 bits per heavy atom. The van der Waals surface area contributed by atoms with Crippen molar-refractivity contribution in [1.29, 1.82) is 0 Å². The summed E-state index contributed by atoms with van der Waals surface area (Å²) >= 11 is 0. The van der Waals surface area contributed by atoms with Gasteiger partial charge in [0.2, 0.25) is 0 Å². The lowest BCUT2D eigenvalue weighted by Crippen LogP contribution is -2.31. The van der Waals surface area contributed by atoms with Crippen molar-refractivity contribution in [2.24, 2.45) is 17.8 Å². The van der Waals surface area contributed by atoms with Gasteiger partial charge in [-0.05, 0) is 63.3 Å². The van der Waals surface area contributed by atoms with E-state index in [0.29, 0.717) is 0 Å². The van der Waals surface area contributed by atoms with Gasteiger partial charge in [0.1, 0.15) is 0 Å². The number of allylic oxidation sites excluding steroid dienone is 1. The maximum absolute atomic E-state index is 3.67. The summed E-state index contributed by atoms with van der Waals surface area (Å²) in [5, 5.41) is 3.67. The summed E-state index contributed by atoms with van der Waals surface area (Å²) in [4.78, 5) is 0. The van der Waals surface area contributed by atoms with Crippen LogP contribution in [-0.4, -0.2) is 13.1 Å². The van der Waals surface area contributed by atoms with Crippen LogP contribution in [0.5, 0.6) is 0 Å². The summed E-state index contributed by atoms with van der Waals surface area (Å²) in [5.41, 5.74) is 1.76. The van der Waals surface area contributed by atoms with E-state index in [4.69, 9.17) is 0 Å². The largest absolute Gasteiger partial charge is 0.313 e. The zero-order valence-electron chi connectivity index (χ0n) is 12.0. The lowest BCUT2D eigenvalue weighted by Gasteiger charge is -2.22. The van der Waals surface area contributed by atoms with Crippen LogP contribution in [-0.2, 0) is 0 Å². The van der Waals surface area contributed by atoms with E-state index >= 15 is 0 Å². The van der Waals surface area contributed by atoms with Crippen molar-refractivity contribution in [2.75, 3.05) is 7.05 Å². The highest BCUT2D eigenvalue weighted by Gasteiger charge is 2.54. The first kappa shape index (κ1) is 12.7. The molecule has 3 aliphatic carbocycles. The van der Waals surface area contributed by atoms with E-state index in [2.05, 4.69) is 18.4 Å². The molecule has 3 atom stereocenters. The SMILES string of the molecule is CNC(C1=CCCCCCC1)C1C2CCCCC21. The molecule has 0 spiro atoms. The number of nitrogens with one attached hydrogen (secondary N) is 1. The highest BCUT2D eigenvalue weighted by atomic mass is 14.9. The summed E-state index contributed by atoms with van der Waals surface area (Å²) in [7, 11) is 2.19. The molecule has 0 aromatic carbocycles. The van der Waals surface area contributed by atoms with Gasteiger partial charge in [-0.15, -0.1) is 0 Å². The smallest absolute Gasteiger partial charge is 0.0310 e. The molecule has 0 heterocycles. The maximum atomic E-state index is 3.67. The fraction of sp³-hybridized carbons (Fsp3) is 0.882. The van der Waals surface area contributed by atoms with Crippen molar-refractivity contribution in [3.63, 3.8) is 0 Å². The number of rotatable bonds is 3. The molecule has 18 heavy (non-hydrogen) atoms. The van der Waals surface area contributed by atoms with E-state index in [1.807, 2.05) is 0 Å². The minimum atomic E-state index is 0.719. The molecular weight excluding hydrogens is 218 g/mol. The second-order valence-corrected chi connectivity index (χ2v) is 6.69. The van der Waals surface area contributed by atoms with Gasteiger partial charge in [0.05, 0.1) is 0 Å². The van der Waals surface area contributed by atoms with Crippen molar-refractivity contribution in [1.82, 2.24) is 5.32 Å². The Morgan fingerprint density at radius 3 is 2.44 bits per heavy atom. The van der Waals surface area contributed by atoms with Crippen LogP contribution in [0, 0.1) is 17.8 Å². The molecule has 1 heteroatoms. The molecule has 0 aromatic heterocycles. The van der Waals surface area contributed by atoms with E-state index in [1.165, 1.54) is 64.2 Å². The predicted octanol–water partition coefficient (Wildman–Crippen LogP) is 4.29. The molecule has 0 aliphatic heterocycles. The molecule has 0 amide bonds. The fourth-order valence-corrected chi connectivity index (χ4v) is 4.67. The van der Waals surface area contributed by atoms with E-state index in [0.717, 1.165) is 23.8 Å². The molecule has 3 rings (SSSR count). The molecule has 0 bridgehead atoms. The van der Waals surface area contributed by atoms with Gasteiger partial charge >= 0.3 is 0 Å². The van der Waals surface area contributed by atoms with Crippen LogP contribution in [0.25, 0.3) is 0 Å². The van der Waals surface area contributed by atoms with Crippen molar-refractivity contribution in [3.05, 3.63) is 11.6 Å². The van der Waals surface area contributed by atoms with Crippen molar-refractivity contribution in [2.45, 2.75) is 70.3 Å². The Balaban J connectivity index is 1.67. The zero-order chi connectivity index (χ0) is 12.4. The third kappa shape index (κ3) is 2.52. The average molecular weight is 247 g/mol. The summed E-state index contributed by atoms with van der Waals surface area (Å²) in [5.74, 6) is 3.13. The van der Waals surface area contributed by atoms with Gasteiger partial charge in [0.25, 0.3) is 0 Å². The highest BCUT2D eigenvalue weighted by Crippen LogP contribution is 2.58. The van der Waals surface area contributed by atoms with Crippen molar-refractivity contribution < 1.29 is 0 Å². The third-order valence-corrected chi connectivity index (χ3v) is 5.64. The van der Waals surface area contributed by atoms with Gasteiger partial charge in [-0.25, -0.2) is 0 Å². The predicted molar refractivity (Wildman–Crippen MR) is 77.6 cm³/mol. The average Bonchev–Trinajstić information content (AvgIpc) is 3.07. The molecule has 0 aromatic rings. The normalized spacial score (nSPS) is 38.1. The molecule has 0 saturated heterocycles. The highest BCUT2D eigenvalue weighted by molar-refractivity contribution is 5.20. The Morgan fingerprint density at radius 2 is 1.72 bits per heavy atom. The zero-order valence-corrected chi connectivity index (χ0v) is 12.0. The minimum Gasteiger partial charge on any atom is -0.313 e. The number of hydrogen-bond donors (Lipinski definition) is 1. The molecular formula is C17H29N. The Bertz CT molecular complexity index is 295. The standard InChI is InChI=1S/C17H29N/c1-18-17(13-9-5-3-2-4-6-10-13)16-14-11-7-8-12-15(14)16/h9,14-18H,2-8,10-12H2,1H3. The van der Waals surface area contributed by atoms with E-state index in [1.54, 1.807) is 5.57 Å². The molecule has 1 N–H and O–H groups in total. The van der Waals surface area contributed by atoms with E-state index < -0.39 is 0 Å². The maximum Gasteiger partial charge on any atom is 0.0310 e. The number of hydrogen-bond acceptors (Lipinski definition) is 1. The Kier molecular flexibility index (Phi) is 4.08. The van der Waals surface area contributed by atoms with Crippen LogP contribution in [0.4, 0.5) is 0 Å². The molecule has 3 unspecified atom stereocenters.